The molecule has 1 saturated heterocycles. The highest BCUT2D eigenvalue weighted by atomic mass is 32.2. The second-order valence-corrected chi connectivity index (χ2v) is 5.63. The maximum atomic E-state index is 12.5. The van der Waals surface area contributed by atoms with Crippen molar-refractivity contribution in [1.82, 2.24) is 4.31 Å². The van der Waals surface area contributed by atoms with Crippen molar-refractivity contribution in [2.24, 2.45) is 0 Å². The van der Waals surface area contributed by atoms with Gasteiger partial charge in [0.15, 0.2) is 0 Å². The van der Waals surface area contributed by atoms with Gasteiger partial charge < -0.3 is 4.74 Å². The molecule has 0 aliphatic carbocycles. The van der Waals surface area contributed by atoms with Crippen molar-refractivity contribution in [2.45, 2.75) is 12.2 Å². The Labute approximate surface area is 118 Å². The van der Waals surface area contributed by atoms with Crippen LogP contribution in [0, 0.1) is 0 Å². The number of hydrogen-bond donors (Lipinski definition) is 0. The van der Waals surface area contributed by atoms with E-state index in [1.807, 2.05) is 0 Å². The Morgan fingerprint density at radius 3 is 2.38 bits per heavy atom. The number of benzene rings is 1. The molecule has 1 aliphatic heterocycles. The molecule has 0 unspecified atom stereocenters. The summed E-state index contributed by atoms with van der Waals surface area (Å²) in [4.78, 5) is 11.5. The van der Waals surface area contributed by atoms with E-state index in [9.17, 15) is 26.4 Å². The van der Waals surface area contributed by atoms with E-state index >= 15 is 0 Å². The minimum absolute atomic E-state index is 0.189. The topological polar surface area (TPSA) is 72.9 Å². The molecule has 0 N–H and O–H groups in total. The molecule has 1 amide bonds. The van der Waals surface area contributed by atoms with Crippen molar-refractivity contribution >= 4 is 16.4 Å². The smallest absolute Gasteiger partial charge is 0.425 e. The van der Waals surface area contributed by atoms with Crippen LogP contribution in [0.25, 0.3) is 0 Å². The van der Waals surface area contributed by atoms with Crippen molar-refractivity contribution in [3.8, 4) is 0 Å². The third-order valence-electron chi connectivity index (χ3n) is 2.88. The van der Waals surface area contributed by atoms with Gasteiger partial charge in [0.1, 0.15) is 6.04 Å². The van der Waals surface area contributed by atoms with Crippen LogP contribution in [-0.2, 0) is 25.4 Å². The van der Waals surface area contributed by atoms with E-state index in [1.54, 1.807) is 0 Å². The quantitative estimate of drug-likeness (QED) is 0.790. The molecule has 1 heterocycles. The van der Waals surface area contributed by atoms with E-state index in [2.05, 4.69) is 8.92 Å². The van der Waals surface area contributed by atoms with Gasteiger partial charge in [0, 0.05) is 0 Å². The second-order valence-electron chi connectivity index (χ2n) is 4.14. The van der Waals surface area contributed by atoms with E-state index in [0.29, 0.717) is 4.31 Å². The first-order chi connectivity index (χ1) is 9.66. The summed E-state index contributed by atoms with van der Waals surface area (Å²) in [6.07, 6.45) is -5.67. The lowest BCUT2D eigenvalue weighted by atomic mass is 10.1. The van der Waals surface area contributed by atoms with Crippen LogP contribution in [0.5, 0.6) is 0 Å². The Morgan fingerprint density at radius 2 is 1.90 bits per heavy atom. The number of methoxy groups -OCH3 is 1. The summed E-state index contributed by atoms with van der Waals surface area (Å²) in [6.45, 7) is -0.386. The number of ether oxygens (including phenoxy) is 1. The van der Waals surface area contributed by atoms with Gasteiger partial charge in [-0.25, -0.2) is 4.79 Å². The molecule has 6 nitrogen and oxygen atoms in total. The molecule has 21 heavy (non-hydrogen) atoms. The summed E-state index contributed by atoms with van der Waals surface area (Å²) in [6, 6.07) is 2.72. The van der Waals surface area contributed by atoms with Crippen molar-refractivity contribution in [2.75, 3.05) is 13.7 Å². The van der Waals surface area contributed by atoms with Crippen LogP contribution in [0.1, 0.15) is 17.2 Å². The first-order valence-electron chi connectivity index (χ1n) is 5.60. The Bertz CT molecular complexity index is 641. The highest BCUT2D eigenvalue weighted by Crippen LogP contribution is 2.34. The molecule has 1 aromatic rings. The standard InChI is InChI=1S/C11H10F3NO5S/c1-19-10(16)15-9(6-20-21(15,17)18)7-2-4-8(5-3-7)11(12,13)14/h2-5,9H,6H2,1H3/t9-/m1/s1. The number of amides is 1. The summed E-state index contributed by atoms with van der Waals surface area (Å²) < 4.78 is 69.8. The molecular weight excluding hydrogens is 315 g/mol. The SMILES string of the molecule is COC(=O)N1[C@@H](c2ccc(C(F)(F)F)cc2)COS1(=O)=O. The minimum atomic E-state index is -4.50. The van der Waals surface area contributed by atoms with E-state index < -0.39 is 34.2 Å². The monoisotopic (exact) mass is 325 g/mol. The van der Waals surface area contributed by atoms with Gasteiger partial charge in [-0.2, -0.15) is 25.9 Å². The molecule has 116 valence electrons. The number of carbonyl (C=O) groups excluding carboxylic acids is 1. The lowest BCUT2D eigenvalue weighted by molar-refractivity contribution is -0.137. The van der Waals surface area contributed by atoms with Crippen LogP contribution < -0.4 is 0 Å². The van der Waals surface area contributed by atoms with Crippen molar-refractivity contribution in [1.29, 1.82) is 0 Å². The van der Waals surface area contributed by atoms with E-state index in [1.165, 1.54) is 0 Å². The molecule has 1 atom stereocenters. The van der Waals surface area contributed by atoms with Crippen LogP contribution in [-0.4, -0.2) is 32.5 Å². The Morgan fingerprint density at radius 1 is 1.33 bits per heavy atom. The predicted molar refractivity (Wildman–Crippen MR) is 63.3 cm³/mol. The van der Waals surface area contributed by atoms with Crippen molar-refractivity contribution < 1.29 is 35.3 Å². The fourth-order valence-electron chi connectivity index (χ4n) is 1.87. The molecule has 1 aromatic carbocycles. The van der Waals surface area contributed by atoms with E-state index in [4.69, 9.17) is 0 Å². The van der Waals surface area contributed by atoms with Gasteiger partial charge >= 0.3 is 22.6 Å². The second kappa shape index (κ2) is 5.19. The van der Waals surface area contributed by atoms with Gasteiger partial charge in [-0.15, -0.1) is 0 Å². The average Bonchev–Trinajstić information content (AvgIpc) is 2.73. The van der Waals surface area contributed by atoms with Crippen LogP contribution in [0.2, 0.25) is 0 Å². The number of rotatable bonds is 1. The summed E-state index contributed by atoms with van der Waals surface area (Å²) >= 11 is 0. The maximum absolute atomic E-state index is 12.5. The zero-order valence-electron chi connectivity index (χ0n) is 10.6. The fraction of sp³-hybridized carbons (Fsp3) is 0.364. The molecule has 0 aromatic heterocycles. The number of alkyl halides is 3. The van der Waals surface area contributed by atoms with Crippen molar-refractivity contribution in [3.63, 3.8) is 0 Å². The Balaban J connectivity index is 2.35. The number of carbonyl (C=O) groups is 1. The largest absolute Gasteiger partial charge is 0.452 e. The third kappa shape index (κ3) is 2.95. The summed E-state index contributed by atoms with van der Waals surface area (Å²) in [5, 5.41) is 0. The fourth-order valence-corrected chi connectivity index (χ4v) is 3.03. The van der Waals surface area contributed by atoms with Gasteiger partial charge in [-0.3, -0.25) is 4.18 Å². The molecule has 0 bridgehead atoms. The normalized spacial score (nSPS) is 21.3. The number of nitrogens with zero attached hydrogens (tertiary/aromatic N) is 1. The van der Waals surface area contributed by atoms with Gasteiger partial charge in [0.2, 0.25) is 0 Å². The lowest BCUT2D eigenvalue weighted by Gasteiger charge is -2.19. The Hall–Kier alpha value is -1.81. The molecule has 1 aliphatic rings. The molecule has 2 rings (SSSR count). The van der Waals surface area contributed by atoms with Crippen LogP contribution in [0.15, 0.2) is 24.3 Å². The van der Waals surface area contributed by atoms with Gasteiger partial charge in [-0.1, -0.05) is 12.1 Å². The molecule has 0 radical (unpaired) electrons. The zero-order chi connectivity index (χ0) is 15.8. The van der Waals surface area contributed by atoms with Gasteiger partial charge in [0.25, 0.3) is 0 Å². The van der Waals surface area contributed by atoms with E-state index in [0.717, 1.165) is 31.4 Å². The first-order valence-corrected chi connectivity index (χ1v) is 6.97. The lowest BCUT2D eigenvalue weighted by Crippen LogP contribution is -2.34. The third-order valence-corrected chi connectivity index (χ3v) is 4.20. The zero-order valence-corrected chi connectivity index (χ0v) is 11.4. The molecule has 0 spiro atoms. The van der Waals surface area contributed by atoms with Gasteiger partial charge in [0.05, 0.1) is 19.3 Å². The molecule has 10 heteroatoms. The summed E-state index contributed by atoms with van der Waals surface area (Å²) in [7, 11) is -3.31. The number of hydrogen-bond acceptors (Lipinski definition) is 5. The summed E-state index contributed by atoms with van der Waals surface area (Å²) in [5.41, 5.74) is -0.688. The minimum Gasteiger partial charge on any atom is -0.452 e. The summed E-state index contributed by atoms with van der Waals surface area (Å²) in [5.74, 6) is 0. The average molecular weight is 325 g/mol. The maximum Gasteiger partial charge on any atom is 0.425 e. The van der Waals surface area contributed by atoms with Crippen LogP contribution >= 0.6 is 0 Å². The molecule has 0 saturated carbocycles. The highest BCUT2D eigenvalue weighted by molar-refractivity contribution is 7.85. The molecular formula is C11H10F3NO5S. The van der Waals surface area contributed by atoms with Crippen LogP contribution in [0.3, 0.4) is 0 Å². The molecule has 1 fully saturated rings. The number of halogens is 3. The van der Waals surface area contributed by atoms with Crippen LogP contribution in [0.4, 0.5) is 18.0 Å². The van der Waals surface area contributed by atoms with E-state index in [-0.39, 0.29) is 12.2 Å². The van der Waals surface area contributed by atoms with Gasteiger partial charge in [-0.05, 0) is 17.7 Å². The van der Waals surface area contributed by atoms with Crippen molar-refractivity contribution in [3.05, 3.63) is 35.4 Å². The first kappa shape index (κ1) is 15.6. The predicted octanol–water partition coefficient (Wildman–Crippen LogP) is 2.09. The highest BCUT2D eigenvalue weighted by Gasteiger charge is 2.44. The Kier molecular flexibility index (Phi) is 3.85.